The minimum atomic E-state index is 0.375. The molecule has 1 atom stereocenters. The fourth-order valence-electron chi connectivity index (χ4n) is 2.79. The van der Waals surface area contributed by atoms with Crippen LogP contribution >= 0.6 is 46.3 Å². The minimum Gasteiger partial charge on any atom is -0.260 e. The number of aromatic nitrogens is 2. The van der Waals surface area contributed by atoms with E-state index in [9.17, 15) is 0 Å². The van der Waals surface area contributed by atoms with Crippen molar-refractivity contribution in [2.24, 2.45) is 0 Å². The Morgan fingerprint density at radius 2 is 2.18 bits per heavy atom. The maximum Gasteiger partial charge on any atom is 0.151 e. The zero-order valence-corrected chi connectivity index (χ0v) is 14.7. The van der Waals surface area contributed by atoms with Crippen molar-refractivity contribution in [2.45, 2.75) is 28.9 Å². The number of aryl methyl sites for hydroxylation is 1. The summed E-state index contributed by atoms with van der Waals surface area (Å²) < 4.78 is 2.07. The fourth-order valence-corrected chi connectivity index (χ4v) is 6.02. The number of hydrogen-bond acceptors (Lipinski definition) is 4. The summed E-state index contributed by atoms with van der Waals surface area (Å²) in [6.07, 6.45) is 5.35. The molecule has 0 bridgehead atoms. The molecule has 1 aliphatic rings. The quantitative estimate of drug-likeness (QED) is 0.542. The van der Waals surface area contributed by atoms with Gasteiger partial charge in [0.1, 0.15) is 5.52 Å². The van der Waals surface area contributed by atoms with Gasteiger partial charge >= 0.3 is 0 Å². The van der Waals surface area contributed by atoms with Crippen LogP contribution in [0.5, 0.6) is 0 Å². The van der Waals surface area contributed by atoms with Gasteiger partial charge in [0.2, 0.25) is 0 Å². The predicted molar refractivity (Wildman–Crippen MR) is 95.4 cm³/mol. The van der Waals surface area contributed by atoms with E-state index in [4.69, 9.17) is 23.2 Å². The molecular weight excluding hydrogens is 355 g/mol. The lowest BCUT2D eigenvalue weighted by molar-refractivity contribution is 0.656. The molecule has 2 nitrogen and oxygen atoms in total. The second-order valence-electron chi connectivity index (χ2n) is 5.26. The molecule has 0 radical (unpaired) electrons. The van der Waals surface area contributed by atoms with Crippen molar-refractivity contribution in [2.75, 3.05) is 0 Å². The van der Waals surface area contributed by atoms with Gasteiger partial charge in [-0.05, 0) is 43.0 Å². The van der Waals surface area contributed by atoms with Gasteiger partial charge in [-0.1, -0.05) is 41.0 Å². The van der Waals surface area contributed by atoms with Crippen LogP contribution in [0.15, 0.2) is 34.8 Å². The van der Waals surface area contributed by atoms with E-state index in [1.54, 1.807) is 29.2 Å². The number of thiazole rings is 1. The van der Waals surface area contributed by atoms with E-state index in [0.717, 1.165) is 27.4 Å². The van der Waals surface area contributed by atoms with Crippen LogP contribution in [0.2, 0.25) is 10.0 Å². The van der Waals surface area contributed by atoms with E-state index < -0.39 is 0 Å². The number of rotatable bonds is 2. The van der Waals surface area contributed by atoms with Crippen LogP contribution in [0.3, 0.4) is 0 Å². The lowest BCUT2D eigenvalue weighted by atomic mass is 9.96. The van der Waals surface area contributed by atoms with E-state index in [1.165, 1.54) is 17.7 Å². The molecule has 0 saturated carbocycles. The maximum absolute atomic E-state index is 6.24. The molecule has 6 heteroatoms. The second kappa shape index (κ2) is 6.00. The van der Waals surface area contributed by atoms with Gasteiger partial charge in [-0.25, -0.2) is 4.98 Å². The lowest BCUT2D eigenvalue weighted by Gasteiger charge is -2.22. The summed E-state index contributed by atoms with van der Waals surface area (Å²) in [6, 6.07) is 7.88. The summed E-state index contributed by atoms with van der Waals surface area (Å²) in [5.41, 5.74) is 3.42. The first-order valence-electron chi connectivity index (χ1n) is 7.07. The molecule has 2 aromatic heterocycles. The average Bonchev–Trinajstić information content (AvgIpc) is 2.90. The topological polar surface area (TPSA) is 25.8 Å². The van der Waals surface area contributed by atoms with E-state index in [0.29, 0.717) is 15.3 Å². The molecule has 0 N–H and O–H groups in total. The van der Waals surface area contributed by atoms with Gasteiger partial charge in [-0.2, -0.15) is 0 Å². The van der Waals surface area contributed by atoms with Crippen LogP contribution in [0, 0.1) is 0 Å². The number of hydrogen-bond donors (Lipinski definition) is 0. The molecule has 112 valence electrons. The molecule has 0 saturated heterocycles. The first-order valence-corrected chi connectivity index (χ1v) is 9.52. The first-order chi connectivity index (χ1) is 10.7. The van der Waals surface area contributed by atoms with Crippen molar-refractivity contribution in [3.63, 3.8) is 0 Å². The van der Waals surface area contributed by atoms with E-state index in [-0.39, 0.29) is 0 Å². The summed E-state index contributed by atoms with van der Waals surface area (Å²) >= 11 is 15.7. The average molecular weight is 367 g/mol. The number of fused-ring (bicyclic) bond motifs is 2. The van der Waals surface area contributed by atoms with Crippen molar-refractivity contribution >= 4 is 56.5 Å². The molecule has 0 amide bonds. The highest BCUT2D eigenvalue weighted by Gasteiger charge is 2.23. The van der Waals surface area contributed by atoms with Crippen LogP contribution in [-0.4, -0.2) is 9.97 Å². The Balaban J connectivity index is 1.69. The monoisotopic (exact) mass is 366 g/mol. The standard InChI is InChI=1S/C16H12Cl2N2S2/c17-10-7-11(18)15-13(8-10)22-16(20-15)21-12-5-1-3-9-4-2-6-19-14(9)12/h2,4,6-8,12H,1,3,5H2. The summed E-state index contributed by atoms with van der Waals surface area (Å²) in [5.74, 6) is 0. The Labute approximate surface area is 146 Å². The third kappa shape index (κ3) is 2.73. The maximum atomic E-state index is 6.24. The van der Waals surface area contributed by atoms with Crippen LogP contribution in [0.4, 0.5) is 0 Å². The third-order valence-corrected chi connectivity index (χ3v) is 6.66. The van der Waals surface area contributed by atoms with Gasteiger partial charge in [-0.15, -0.1) is 11.3 Å². The van der Waals surface area contributed by atoms with Gasteiger partial charge in [0.15, 0.2) is 4.34 Å². The fraction of sp³-hybridized carbons (Fsp3) is 0.250. The van der Waals surface area contributed by atoms with Crippen molar-refractivity contribution in [3.05, 3.63) is 51.8 Å². The van der Waals surface area contributed by atoms with E-state index >= 15 is 0 Å². The largest absolute Gasteiger partial charge is 0.260 e. The van der Waals surface area contributed by atoms with Crippen molar-refractivity contribution < 1.29 is 0 Å². The summed E-state index contributed by atoms with van der Waals surface area (Å²) in [4.78, 5) is 9.27. The smallest absolute Gasteiger partial charge is 0.151 e. The van der Waals surface area contributed by atoms with Crippen LogP contribution in [0.25, 0.3) is 10.2 Å². The lowest BCUT2D eigenvalue weighted by Crippen LogP contribution is -2.08. The summed E-state index contributed by atoms with van der Waals surface area (Å²) in [5, 5.41) is 1.65. The predicted octanol–water partition coefficient (Wildman–Crippen LogP) is 6.17. The van der Waals surface area contributed by atoms with Gasteiger partial charge in [0.05, 0.1) is 20.7 Å². The van der Waals surface area contributed by atoms with Gasteiger partial charge in [0, 0.05) is 11.2 Å². The Morgan fingerprint density at radius 1 is 1.27 bits per heavy atom. The molecule has 1 aliphatic carbocycles. The van der Waals surface area contributed by atoms with Gasteiger partial charge < -0.3 is 0 Å². The zero-order chi connectivity index (χ0) is 15.1. The van der Waals surface area contributed by atoms with Crippen LogP contribution < -0.4 is 0 Å². The Kier molecular flexibility index (Phi) is 4.03. The minimum absolute atomic E-state index is 0.375. The third-order valence-electron chi connectivity index (χ3n) is 3.78. The van der Waals surface area contributed by atoms with Crippen molar-refractivity contribution in [1.29, 1.82) is 0 Å². The Morgan fingerprint density at radius 3 is 3.09 bits per heavy atom. The number of benzene rings is 1. The number of thioether (sulfide) groups is 1. The molecule has 1 aromatic carbocycles. The zero-order valence-electron chi connectivity index (χ0n) is 11.6. The normalized spacial score (nSPS) is 17.6. The van der Waals surface area contributed by atoms with E-state index in [1.807, 2.05) is 18.3 Å². The highest BCUT2D eigenvalue weighted by atomic mass is 35.5. The molecule has 3 aromatic rings. The van der Waals surface area contributed by atoms with Crippen LogP contribution in [-0.2, 0) is 6.42 Å². The molecule has 0 aliphatic heterocycles. The summed E-state index contributed by atoms with van der Waals surface area (Å²) in [6.45, 7) is 0. The molecular formula is C16H12Cl2N2S2. The Hall–Kier alpha value is -0.810. The molecule has 4 rings (SSSR count). The SMILES string of the molecule is Clc1cc(Cl)c2nc(SC3CCCc4cccnc43)sc2c1. The molecule has 22 heavy (non-hydrogen) atoms. The number of halogens is 2. The second-order valence-corrected chi connectivity index (χ2v) is 8.58. The first kappa shape index (κ1) is 14.8. The molecule has 1 unspecified atom stereocenters. The van der Waals surface area contributed by atoms with Gasteiger partial charge in [0.25, 0.3) is 0 Å². The number of nitrogens with zero attached hydrogens (tertiary/aromatic N) is 2. The molecule has 2 heterocycles. The van der Waals surface area contributed by atoms with E-state index in [2.05, 4.69) is 16.0 Å². The Bertz CT molecular complexity index is 847. The number of pyridine rings is 1. The highest BCUT2D eigenvalue weighted by molar-refractivity contribution is 8.01. The van der Waals surface area contributed by atoms with Crippen molar-refractivity contribution in [3.8, 4) is 0 Å². The van der Waals surface area contributed by atoms with Crippen LogP contribution in [0.1, 0.15) is 29.3 Å². The van der Waals surface area contributed by atoms with Gasteiger partial charge in [-0.3, -0.25) is 4.98 Å². The molecule has 0 fully saturated rings. The summed E-state index contributed by atoms with van der Waals surface area (Å²) in [7, 11) is 0. The molecule has 0 spiro atoms. The van der Waals surface area contributed by atoms with Crippen molar-refractivity contribution in [1.82, 2.24) is 9.97 Å². The highest BCUT2D eigenvalue weighted by Crippen LogP contribution is 2.45.